The first kappa shape index (κ1) is 21.3. The van der Waals surface area contributed by atoms with Gasteiger partial charge in [0.25, 0.3) is 0 Å². The highest BCUT2D eigenvalue weighted by atomic mass is 35.5. The van der Waals surface area contributed by atoms with E-state index < -0.39 is 0 Å². The van der Waals surface area contributed by atoms with Crippen molar-refractivity contribution in [2.24, 2.45) is 0 Å². The Balaban J connectivity index is 1.72. The van der Waals surface area contributed by atoms with E-state index in [1.807, 2.05) is 19.1 Å². The molecule has 0 spiro atoms. The minimum atomic E-state index is 0.227. The predicted molar refractivity (Wildman–Crippen MR) is 118 cm³/mol. The van der Waals surface area contributed by atoms with Gasteiger partial charge in [-0.15, -0.1) is 11.3 Å². The highest BCUT2D eigenvalue weighted by Crippen LogP contribution is 2.35. The van der Waals surface area contributed by atoms with Gasteiger partial charge in [-0.1, -0.05) is 46.9 Å². The van der Waals surface area contributed by atoms with Crippen LogP contribution in [0.5, 0.6) is 11.5 Å². The van der Waals surface area contributed by atoms with Gasteiger partial charge in [0, 0.05) is 44.7 Å². The highest BCUT2D eigenvalue weighted by molar-refractivity contribution is 7.09. The van der Waals surface area contributed by atoms with Gasteiger partial charge >= 0.3 is 0 Å². The largest absolute Gasteiger partial charge is 0.490 e. The summed E-state index contributed by atoms with van der Waals surface area (Å²) in [4.78, 5) is 1.28. The maximum atomic E-state index is 6.48. The zero-order valence-corrected chi connectivity index (χ0v) is 18.4. The summed E-state index contributed by atoms with van der Waals surface area (Å²) >= 11 is 20.6. The first-order valence-electron chi connectivity index (χ1n) is 8.82. The van der Waals surface area contributed by atoms with Gasteiger partial charge in [-0.05, 0) is 42.1 Å². The lowest BCUT2D eigenvalue weighted by atomic mass is 10.2. The van der Waals surface area contributed by atoms with Crippen LogP contribution >= 0.6 is 46.1 Å². The second kappa shape index (κ2) is 10.4. The van der Waals surface area contributed by atoms with E-state index in [0.717, 1.165) is 17.7 Å². The van der Waals surface area contributed by atoms with Crippen molar-refractivity contribution in [2.75, 3.05) is 6.61 Å². The minimum absolute atomic E-state index is 0.227. The van der Waals surface area contributed by atoms with Crippen LogP contribution in [0.4, 0.5) is 0 Å². The van der Waals surface area contributed by atoms with Crippen molar-refractivity contribution in [2.45, 2.75) is 26.6 Å². The average molecular weight is 457 g/mol. The van der Waals surface area contributed by atoms with E-state index in [2.05, 4.69) is 16.8 Å². The fourth-order valence-corrected chi connectivity index (χ4v) is 4.05. The average Bonchev–Trinajstić information content (AvgIpc) is 3.18. The molecule has 7 heteroatoms. The Morgan fingerprint density at radius 3 is 2.32 bits per heavy atom. The fourth-order valence-electron chi connectivity index (χ4n) is 2.65. The van der Waals surface area contributed by atoms with Gasteiger partial charge < -0.3 is 14.8 Å². The second-order valence-corrected chi connectivity index (χ2v) is 8.25. The van der Waals surface area contributed by atoms with Gasteiger partial charge in [0.05, 0.1) is 6.61 Å². The Bertz CT molecular complexity index is 896. The third-order valence-corrected chi connectivity index (χ3v) is 5.98. The first-order chi connectivity index (χ1) is 13.6. The molecule has 3 rings (SSSR count). The Morgan fingerprint density at radius 1 is 0.893 bits per heavy atom. The van der Waals surface area contributed by atoms with Gasteiger partial charge in [-0.3, -0.25) is 0 Å². The monoisotopic (exact) mass is 455 g/mol. The molecule has 0 aliphatic carbocycles. The summed E-state index contributed by atoms with van der Waals surface area (Å²) in [5, 5.41) is 7.20. The van der Waals surface area contributed by atoms with Gasteiger partial charge in [0.1, 0.15) is 6.61 Å². The van der Waals surface area contributed by atoms with E-state index in [1.165, 1.54) is 4.88 Å². The van der Waals surface area contributed by atoms with Gasteiger partial charge in [0.2, 0.25) is 0 Å². The number of halogens is 3. The van der Waals surface area contributed by atoms with Crippen LogP contribution in [0.2, 0.25) is 15.1 Å². The maximum Gasteiger partial charge on any atom is 0.163 e. The van der Waals surface area contributed by atoms with Crippen LogP contribution in [-0.2, 0) is 19.7 Å². The molecule has 0 saturated heterocycles. The molecule has 0 radical (unpaired) electrons. The summed E-state index contributed by atoms with van der Waals surface area (Å²) in [7, 11) is 0. The van der Waals surface area contributed by atoms with Crippen molar-refractivity contribution in [3.05, 3.63) is 78.9 Å². The summed E-state index contributed by atoms with van der Waals surface area (Å²) in [6, 6.07) is 13.2. The Hall–Kier alpha value is -1.43. The summed E-state index contributed by atoms with van der Waals surface area (Å²) in [6.07, 6.45) is 0. The molecule has 148 valence electrons. The van der Waals surface area contributed by atoms with Crippen molar-refractivity contribution in [1.29, 1.82) is 0 Å². The number of hydrogen-bond acceptors (Lipinski definition) is 4. The van der Waals surface area contributed by atoms with Crippen molar-refractivity contribution < 1.29 is 9.47 Å². The molecule has 0 aliphatic heterocycles. The van der Waals surface area contributed by atoms with E-state index >= 15 is 0 Å². The van der Waals surface area contributed by atoms with Crippen LogP contribution in [0.3, 0.4) is 0 Å². The molecule has 0 fully saturated rings. The summed E-state index contributed by atoms with van der Waals surface area (Å²) in [5.74, 6) is 1.20. The molecular formula is C21H20Cl3NO2S. The zero-order valence-electron chi connectivity index (χ0n) is 15.3. The molecule has 2 aromatic carbocycles. The van der Waals surface area contributed by atoms with Gasteiger partial charge in [-0.2, -0.15) is 0 Å². The highest BCUT2D eigenvalue weighted by Gasteiger charge is 2.13. The maximum absolute atomic E-state index is 6.48. The lowest BCUT2D eigenvalue weighted by molar-refractivity contribution is 0.269. The van der Waals surface area contributed by atoms with Crippen LogP contribution in [0.1, 0.15) is 22.9 Å². The summed E-state index contributed by atoms with van der Waals surface area (Å²) in [6.45, 7) is 4.10. The zero-order chi connectivity index (χ0) is 19.9. The van der Waals surface area contributed by atoms with Crippen LogP contribution in [0.15, 0.2) is 47.8 Å². The molecule has 0 amide bonds. The number of hydrogen-bond donors (Lipinski definition) is 1. The molecule has 0 saturated carbocycles. The lowest BCUT2D eigenvalue weighted by Crippen LogP contribution is -2.12. The van der Waals surface area contributed by atoms with Crippen LogP contribution < -0.4 is 14.8 Å². The number of ether oxygens (including phenoxy) is 2. The third kappa shape index (κ3) is 5.56. The summed E-state index contributed by atoms with van der Waals surface area (Å²) in [5.41, 5.74) is 1.68. The van der Waals surface area contributed by atoms with Crippen LogP contribution in [-0.4, -0.2) is 6.61 Å². The van der Waals surface area contributed by atoms with Crippen molar-refractivity contribution >= 4 is 46.1 Å². The minimum Gasteiger partial charge on any atom is -0.490 e. The van der Waals surface area contributed by atoms with E-state index in [9.17, 15) is 0 Å². The van der Waals surface area contributed by atoms with Crippen molar-refractivity contribution in [1.82, 2.24) is 5.32 Å². The number of rotatable bonds is 9. The van der Waals surface area contributed by atoms with Crippen LogP contribution in [0.25, 0.3) is 0 Å². The molecular weight excluding hydrogens is 437 g/mol. The van der Waals surface area contributed by atoms with E-state index in [1.54, 1.807) is 35.6 Å². The Morgan fingerprint density at radius 2 is 1.64 bits per heavy atom. The SMILES string of the molecule is CCOc1cc(CNCc2cccs2)c(Cl)cc1OCc1c(Cl)cccc1Cl. The molecule has 0 atom stereocenters. The number of thiophene rings is 1. The van der Waals surface area contributed by atoms with E-state index in [4.69, 9.17) is 44.3 Å². The fraction of sp³-hybridized carbons (Fsp3) is 0.238. The summed E-state index contributed by atoms with van der Waals surface area (Å²) < 4.78 is 11.7. The molecule has 3 nitrogen and oxygen atoms in total. The van der Waals surface area contributed by atoms with E-state index in [-0.39, 0.29) is 6.61 Å². The third-order valence-electron chi connectivity index (χ3n) is 4.04. The van der Waals surface area contributed by atoms with E-state index in [0.29, 0.717) is 39.7 Å². The van der Waals surface area contributed by atoms with Gasteiger partial charge in [0.15, 0.2) is 11.5 Å². The smallest absolute Gasteiger partial charge is 0.163 e. The Kier molecular flexibility index (Phi) is 7.89. The second-order valence-electron chi connectivity index (χ2n) is 6.00. The molecule has 0 bridgehead atoms. The molecule has 28 heavy (non-hydrogen) atoms. The molecule has 1 N–H and O–H groups in total. The molecule has 1 aromatic heterocycles. The topological polar surface area (TPSA) is 30.5 Å². The molecule has 1 heterocycles. The van der Waals surface area contributed by atoms with Crippen molar-refractivity contribution in [3.8, 4) is 11.5 Å². The van der Waals surface area contributed by atoms with Crippen LogP contribution in [0, 0.1) is 0 Å². The Labute approximate surface area is 184 Å². The first-order valence-corrected chi connectivity index (χ1v) is 10.8. The predicted octanol–water partition coefficient (Wildman–Crippen LogP) is 6.98. The molecule has 0 aliphatic rings. The lowest BCUT2D eigenvalue weighted by Gasteiger charge is -2.16. The standard InChI is InChI=1S/C21H20Cl3NO2S/c1-2-26-20-9-14(11-25-12-15-5-4-8-28-15)19(24)10-21(20)27-13-16-17(22)6-3-7-18(16)23/h3-10,25H,2,11-13H2,1H3. The molecule has 0 unspecified atom stereocenters. The van der Waals surface area contributed by atoms with Gasteiger partial charge in [-0.25, -0.2) is 0 Å². The quantitative estimate of drug-likeness (QED) is 0.377. The number of benzene rings is 2. The normalized spacial score (nSPS) is 10.9. The van der Waals surface area contributed by atoms with Crippen molar-refractivity contribution in [3.63, 3.8) is 0 Å². The number of nitrogens with one attached hydrogen (secondary N) is 1. The molecule has 3 aromatic rings.